The predicted molar refractivity (Wildman–Crippen MR) is 92.4 cm³/mol. The number of hydrogen-bond acceptors (Lipinski definition) is 4. The van der Waals surface area contributed by atoms with E-state index < -0.39 is 0 Å². The second kappa shape index (κ2) is 10.1. The van der Waals surface area contributed by atoms with E-state index in [9.17, 15) is 9.59 Å². The number of nitrogens with one attached hydrogen (secondary N) is 1. The first-order valence-corrected chi connectivity index (χ1v) is 8.59. The van der Waals surface area contributed by atoms with Gasteiger partial charge in [0.15, 0.2) is 0 Å². The summed E-state index contributed by atoms with van der Waals surface area (Å²) in [5, 5.41) is 2.71. The summed E-state index contributed by atoms with van der Waals surface area (Å²) in [5.74, 6) is -0.161. The van der Waals surface area contributed by atoms with Crippen molar-refractivity contribution in [2.75, 3.05) is 32.8 Å². The van der Waals surface area contributed by atoms with Gasteiger partial charge in [0, 0.05) is 19.7 Å². The fraction of sp³-hybridized carbons (Fsp3) is 0.556. The lowest BCUT2D eigenvalue weighted by Crippen LogP contribution is -2.45. The second-order valence-electron chi connectivity index (χ2n) is 6.03. The minimum atomic E-state index is -0.130. The lowest BCUT2D eigenvalue weighted by molar-refractivity contribution is -0.135. The molecule has 24 heavy (non-hydrogen) atoms. The first-order valence-electron chi connectivity index (χ1n) is 8.59. The molecule has 1 aliphatic rings. The number of nitrogens with zero attached hydrogens (tertiary/aromatic N) is 1. The minimum Gasteiger partial charge on any atom is -0.378 e. The van der Waals surface area contributed by atoms with Gasteiger partial charge in [-0.25, -0.2) is 0 Å². The van der Waals surface area contributed by atoms with E-state index in [-0.39, 0.29) is 24.5 Å². The molecule has 1 fully saturated rings. The molecule has 0 bridgehead atoms. The molecule has 0 aromatic heterocycles. The molecule has 1 saturated heterocycles. The summed E-state index contributed by atoms with van der Waals surface area (Å²) in [6.07, 6.45) is 3.06. The fourth-order valence-electron chi connectivity index (χ4n) is 2.73. The Bertz CT molecular complexity index is 514. The van der Waals surface area contributed by atoms with Gasteiger partial charge in [-0.2, -0.15) is 0 Å². The van der Waals surface area contributed by atoms with Gasteiger partial charge in [-0.15, -0.1) is 0 Å². The Morgan fingerprint density at radius 3 is 2.58 bits per heavy atom. The number of piperidine rings is 1. The first-order chi connectivity index (χ1) is 11.7. The third kappa shape index (κ3) is 6.29. The molecule has 0 spiro atoms. The van der Waals surface area contributed by atoms with Crippen LogP contribution in [0.1, 0.15) is 24.8 Å². The van der Waals surface area contributed by atoms with Crippen molar-refractivity contribution < 1.29 is 14.3 Å². The minimum absolute atomic E-state index is 0.0307. The van der Waals surface area contributed by atoms with Gasteiger partial charge in [0.25, 0.3) is 0 Å². The van der Waals surface area contributed by atoms with Crippen LogP contribution < -0.4 is 11.1 Å². The van der Waals surface area contributed by atoms with Crippen LogP contribution in [-0.4, -0.2) is 55.6 Å². The van der Waals surface area contributed by atoms with E-state index in [0.29, 0.717) is 32.7 Å². The smallest absolute Gasteiger partial charge is 0.241 e. The van der Waals surface area contributed by atoms with E-state index in [1.54, 1.807) is 4.90 Å². The number of hydrogen-bond donors (Lipinski definition) is 2. The third-order valence-corrected chi connectivity index (χ3v) is 4.14. The molecule has 3 N–H and O–H groups in total. The van der Waals surface area contributed by atoms with Gasteiger partial charge in [0.05, 0.1) is 19.1 Å². The highest BCUT2D eigenvalue weighted by molar-refractivity contribution is 5.85. The Labute approximate surface area is 143 Å². The van der Waals surface area contributed by atoms with Crippen LogP contribution >= 0.6 is 0 Å². The topological polar surface area (TPSA) is 84.7 Å². The Kier molecular flexibility index (Phi) is 7.71. The summed E-state index contributed by atoms with van der Waals surface area (Å²) < 4.78 is 5.73. The van der Waals surface area contributed by atoms with Crippen molar-refractivity contribution in [1.29, 1.82) is 0 Å². The highest BCUT2D eigenvalue weighted by Gasteiger charge is 2.23. The molecular weight excluding hydrogens is 306 g/mol. The normalized spacial score (nSPS) is 15.3. The van der Waals surface area contributed by atoms with Crippen LogP contribution in [0.4, 0.5) is 0 Å². The van der Waals surface area contributed by atoms with E-state index in [1.807, 2.05) is 30.3 Å². The molecule has 1 aliphatic heterocycles. The Balaban J connectivity index is 1.63. The number of ether oxygens (including phenoxy) is 1. The number of rotatable bonds is 8. The molecule has 0 radical (unpaired) electrons. The highest BCUT2D eigenvalue weighted by Crippen LogP contribution is 2.13. The monoisotopic (exact) mass is 333 g/mol. The molecule has 0 unspecified atom stereocenters. The van der Waals surface area contributed by atoms with E-state index >= 15 is 0 Å². The van der Waals surface area contributed by atoms with Crippen molar-refractivity contribution >= 4 is 11.8 Å². The molecule has 2 rings (SSSR count). The van der Waals surface area contributed by atoms with Crippen LogP contribution in [0.3, 0.4) is 0 Å². The van der Waals surface area contributed by atoms with Crippen LogP contribution in [0.5, 0.6) is 0 Å². The third-order valence-electron chi connectivity index (χ3n) is 4.14. The summed E-state index contributed by atoms with van der Waals surface area (Å²) in [5.41, 5.74) is 6.39. The molecule has 6 nitrogen and oxygen atoms in total. The molecular formula is C18H27N3O3. The van der Waals surface area contributed by atoms with Crippen LogP contribution in [0.25, 0.3) is 0 Å². The van der Waals surface area contributed by atoms with Crippen molar-refractivity contribution in [3.05, 3.63) is 35.9 Å². The van der Waals surface area contributed by atoms with Crippen molar-refractivity contribution in [1.82, 2.24) is 10.2 Å². The standard InChI is InChI=1S/C18H27N3O3/c19-9-4-12-24-16-7-10-21(11-8-16)18(23)14-20-17(22)13-15-5-2-1-3-6-15/h1-3,5-6,16H,4,7-14,19H2,(H,20,22). The molecule has 0 aliphatic carbocycles. The number of carbonyl (C=O) groups excluding carboxylic acids is 2. The van der Waals surface area contributed by atoms with Gasteiger partial charge in [-0.3, -0.25) is 9.59 Å². The first kappa shape index (κ1) is 18.4. The van der Waals surface area contributed by atoms with Crippen molar-refractivity contribution in [2.24, 2.45) is 5.73 Å². The summed E-state index contributed by atoms with van der Waals surface area (Å²) in [7, 11) is 0. The van der Waals surface area contributed by atoms with E-state index in [4.69, 9.17) is 10.5 Å². The Morgan fingerprint density at radius 2 is 1.92 bits per heavy atom. The summed E-state index contributed by atoms with van der Waals surface area (Å²) >= 11 is 0. The van der Waals surface area contributed by atoms with Gasteiger partial charge < -0.3 is 20.7 Å². The summed E-state index contributed by atoms with van der Waals surface area (Å²) in [6.45, 7) is 2.75. The van der Waals surface area contributed by atoms with Gasteiger partial charge in [0.1, 0.15) is 0 Å². The van der Waals surface area contributed by atoms with Crippen LogP contribution in [0, 0.1) is 0 Å². The van der Waals surface area contributed by atoms with Crippen LogP contribution in [-0.2, 0) is 20.7 Å². The molecule has 0 saturated carbocycles. The van der Waals surface area contributed by atoms with E-state index in [2.05, 4.69) is 5.32 Å². The van der Waals surface area contributed by atoms with Gasteiger partial charge in [0.2, 0.25) is 11.8 Å². The second-order valence-corrected chi connectivity index (χ2v) is 6.03. The van der Waals surface area contributed by atoms with Gasteiger partial charge >= 0.3 is 0 Å². The average Bonchev–Trinajstić information content (AvgIpc) is 2.61. The number of amides is 2. The van der Waals surface area contributed by atoms with Crippen molar-refractivity contribution in [2.45, 2.75) is 31.8 Å². The van der Waals surface area contributed by atoms with E-state index in [1.165, 1.54) is 0 Å². The fourth-order valence-corrected chi connectivity index (χ4v) is 2.73. The number of carbonyl (C=O) groups is 2. The molecule has 2 amide bonds. The lowest BCUT2D eigenvalue weighted by Gasteiger charge is -2.32. The quantitative estimate of drug-likeness (QED) is 0.686. The molecule has 0 atom stereocenters. The lowest BCUT2D eigenvalue weighted by atomic mass is 10.1. The number of nitrogens with two attached hydrogens (primary N) is 1. The average molecular weight is 333 g/mol. The zero-order valence-corrected chi connectivity index (χ0v) is 14.1. The van der Waals surface area contributed by atoms with E-state index in [0.717, 1.165) is 24.8 Å². The maximum atomic E-state index is 12.2. The molecule has 6 heteroatoms. The highest BCUT2D eigenvalue weighted by atomic mass is 16.5. The SMILES string of the molecule is NCCCOC1CCN(C(=O)CNC(=O)Cc2ccccc2)CC1. The maximum absolute atomic E-state index is 12.2. The summed E-state index contributed by atoms with van der Waals surface area (Å²) in [6, 6.07) is 9.50. The Morgan fingerprint density at radius 1 is 1.21 bits per heavy atom. The van der Waals surface area contributed by atoms with Gasteiger partial charge in [-0.1, -0.05) is 30.3 Å². The number of benzene rings is 1. The van der Waals surface area contributed by atoms with Crippen LogP contribution in [0.15, 0.2) is 30.3 Å². The molecule has 1 aromatic rings. The van der Waals surface area contributed by atoms with Gasteiger partial charge in [-0.05, 0) is 31.4 Å². The maximum Gasteiger partial charge on any atom is 0.241 e. The van der Waals surface area contributed by atoms with Crippen LogP contribution in [0.2, 0.25) is 0 Å². The van der Waals surface area contributed by atoms with Crippen molar-refractivity contribution in [3.8, 4) is 0 Å². The molecule has 1 heterocycles. The number of likely N-dealkylation sites (tertiary alicyclic amines) is 1. The zero-order chi connectivity index (χ0) is 17.2. The van der Waals surface area contributed by atoms with Crippen molar-refractivity contribution in [3.63, 3.8) is 0 Å². The zero-order valence-electron chi connectivity index (χ0n) is 14.1. The Hall–Kier alpha value is -1.92. The molecule has 1 aromatic carbocycles. The largest absolute Gasteiger partial charge is 0.378 e. The summed E-state index contributed by atoms with van der Waals surface area (Å²) in [4.78, 5) is 25.9. The molecule has 132 valence electrons. The predicted octanol–water partition coefficient (Wildman–Crippen LogP) is 0.702.